The van der Waals surface area contributed by atoms with E-state index in [1.54, 1.807) is 0 Å². The van der Waals surface area contributed by atoms with Crippen LogP contribution in [0, 0.1) is 5.92 Å². The van der Waals surface area contributed by atoms with Gasteiger partial charge in [0, 0.05) is 12.6 Å². The van der Waals surface area contributed by atoms with Gasteiger partial charge in [-0.2, -0.15) is 0 Å². The van der Waals surface area contributed by atoms with Crippen LogP contribution in [0.15, 0.2) is 0 Å². The van der Waals surface area contributed by atoms with E-state index in [1.807, 2.05) is 7.05 Å². The maximum atomic E-state index is 11.7. The molecule has 2 unspecified atom stereocenters. The number of carbonyl (C=O) groups excluding carboxylic acids is 1. The van der Waals surface area contributed by atoms with Gasteiger partial charge in [-0.1, -0.05) is 19.8 Å². The zero-order valence-corrected chi connectivity index (χ0v) is 11.2. The average molecular weight is 241 g/mol. The van der Waals surface area contributed by atoms with Crippen LogP contribution in [-0.2, 0) is 4.79 Å². The molecule has 2 atom stereocenters. The van der Waals surface area contributed by atoms with E-state index in [-0.39, 0.29) is 5.91 Å². The van der Waals surface area contributed by atoms with Crippen molar-refractivity contribution in [3.8, 4) is 0 Å². The minimum Gasteiger partial charge on any atom is -0.355 e. The summed E-state index contributed by atoms with van der Waals surface area (Å²) in [6, 6.07) is 0.487. The Balaban J connectivity index is 2.38. The van der Waals surface area contributed by atoms with Gasteiger partial charge in [-0.05, 0) is 38.8 Å². The van der Waals surface area contributed by atoms with Gasteiger partial charge in [0.05, 0.1) is 6.54 Å². The molecule has 0 aromatic heterocycles. The van der Waals surface area contributed by atoms with Crippen LogP contribution in [0.2, 0.25) is 0 Å². The van der Waals surface area contributed by atoms with E-state index in [1.165, 1.54) is 25.7 Å². The topological polar surface area (TPSA) is 58.4 Å². The van der Waals surface area contributed by atoms with Crippen molar-refractivity contribution in [2.24, 2.45) is 11.7 Å². The third-order valence-electron chi connectivity index (χ3n) is 3.70. The fourth-order valence-corrected chi connectivity index (χ4v) is 2.71. The Morgan fingerprint density at radius 3 is 2.76 bits per heavy atom. The summed E-state index contributed by atoms with van der Waals surface area (Å²) in [7, 11) is 2.05. The van der Waals surface area contributed by atoms with Crippen LogP contribution in [0.1, 0.15) is 39.0 Å². The first-order valence-electron chi connectivity index (χ1n) is 6.86. The van der Waals surface area contributed by atoms with Gasteiger partial charge < -0.3 is 11.1 Å². The first-order valence-corrected chi connectivity index (χ1v) is 6.86. The molecule has 0 bridgehead atoms. The van der Waals surface area contributed by atoms with Gasteiger partial charge >= 0.3 is 0 Å². The number of nitrogens with two attached hydrogens (primary N) is 1. The van der Waals surface area contributed by atoms with Crippen molar-refractivity contribution in [2.45, 2.75) is 45.1 Å². The zero-order chi connectivity index (χ0) is 12.7. The summed E-state index contributed by atoms with van der Waals surface area (Å²) in [5.74, 6) is 0.698. The lowest BCUT2D eigenvalue weighted by atomic mass is 9.84. The Bertz CT molecular complexity index is 233. The number of hydrogen-bond acceptors (Lipinski definition) is 3. The van der Waals surface area contributed by atoms with E-state index in [9.17, 15) is 4.79 Å². The largest absolute Gasteiger partial charge is 0.355 e. The number of rotatable bonds is 6. The van der Waals surface area contributed by atoms with E-state index in [2.05, 4.69) is 17.1 Å². The van der Waals surface area contributed by atoms with E-state index >= 15 is 0 Å². The van der Waals surface area contributed by atoms with E-state index in [4.69, 9.17) is 5.73 Å². The van der Waals surface area contributed by atoms with Crippen molar-refractivity contribution in [2.75, 3.05) is 26.7 Å². The fourth-order valence-electron chi connectivity index (χ4n) is 2.71. The first-order chi connectivity index (χ1) is 8.19. The van der Waals surface area contributed by atoms with E-state index < -0.39 is 0 Å². The second-order valence-corrected chi connectivity index (χ2v) is 5.11. The summed E-state index contributed by atoms with van der Waals surface area (Å²) in [4.78, 5) is 13.8. The van der Waals surface area contributed by atoms with Crippen molar-refractivity contribution in [1.82, 2.24) is 10.2 Å². The third-order valence-corrected chi connectivity index (χ3v) is 3.70. The van der Waals surface area contributed by atoms with Crippen LogP contribution in [0.4, 0.5) is 0 Å². The molecule has 0 spiro atoms. The summed E-state index contributed by atoms with van der Waals surface area (Å²) in [6.07, 6.45) is 5.93. The van der Waals surface area contributed by atoms with Crippen molar-refractivity contribution in [3.05, 3.63) is 0 Å². The molecule has 0 heterocycles. The smallest absolute Gasteiger partial charge is 0.234 e. The van der Waals surface area contributed by atoms with Gasteiger partial charge in [-0.25, -0.2) is 0 Å². The Labute approximate surface area is 105 Å². The molecule has 0 aliphatic heterocycles. The SMILES string of the molecule is CCCNC(=O)CN(C)C1CCCCC1CN. The normalized spacial score (nSPS) is 24.9. The summed E-state index contributed by atoms with van der Waals surface area (Å²) in [6.45, 7) is 4.08. The van der Waals surface area contributed by atoms with E-state index in [0.29, 0.717) is 18.5 Å². The molecule has 0 aromatic rings. The van der Waals surface area contributed by atoms with Crippen molar-refractivity contribution >= 4 is 5.91 Å². The molecule has 0 aromatic carbocycles. The second kappa shape index (κ2) is 7.67. The number of nitrogens with zero attached hydrogens (tertiary/aromatic N) is 1. The molecule has 1 aliphatic carbocycles. The minimum atomic E-state index is 0.135. The number of likely N-dealkylation sites (N-methyl/N-ethyl adjacent to an activating group) is 1. The van der Waals surface area contributed by atoms with Crippen LogP contribution in [0.5, 0.6) is 0 Å². The summed E-state index contributed by atoms with van der Waals surface area (Å²) < 4.78 is 0. The molecule has 100 valence electrons. The van der Waals surface area contributed by atoms with Crippen LogP contribution in [0.3, 0.4) is 0 Å². The maximum absolute atomic E-state index is 11.7. The molecule has 4 nitrogen and oxygen atoms in total. The summed E-state index contributed by atoms with van der Waals surface area (Å²) in [5.41, 5.74) is 5.82. The lowest BCUT2D eigenvalue weighted by Gasteiger charge is -2.37. The molecule has 3 N–H and O–H groups in total. The van der Waals surface area contributed by atoms with Gasteiger partial charge in [-0.3, -0.25) is 9.69 Å². The molecule has 1 rings (SSSR count). The highest BCUT2D eigenvalue weighted by atomic mass is 16.2. The quantitative estimate of drug-likeness (QED) is 0.728. The molecule has 0 radical (unpaired) electrons. The Kier molecular flexibility index (Phi) is 6.52. The number of hydrogen-bond donors (Lipinski definition) is 2. The predicted octanol–water partition coefficient (Wildman–Crippen LogP) is 0.962. The highest BCUT2D eigenvalue weighted by Gasteiger charge is 2.27. The summed E-state index contributed by atoms with van der Waals surface area (Å²) in [5, 5.41) is 2.92. The van der Waals surface area contributed by atoms with Gasteiger partial charge in [0.1, 0.15) is 0 Å². The standard InChI is InChI=1S/C13H27N3O/c1-3-8-15-13(17)10-16(2)12-7-5-4-6-11(12)9-14/h11-12H,3-10,14H2,1-2H3,(H,15,17). The molecule has 1 saturated carbocycles. The zero-order valence-electron chi connectivity index (χ0n) is 11.2. The maximum Gasteiger partial charge on any atom is 0.234 e. The lowest BCUT2D eigenvalue weighted by molar-refractivity contribution is -0.122. The molecule has 0 saturated heterocycles. The summed E-state index contributed by atoms with van der Waals surface area (Å²) >= 11 is 0. The third kappa shape index (κ3) is 4.64. The second-order valence-electron chi connectivity index (χ2n) is 5.11. The van der Waals surface area contributed by atoms with Gasteiger partial charge in [0.2, 0.25) is 5.91 Å². The Morgan fingerprint density at radius 1 is 1.41 bits per heavy atom. The van der Waals surface area contributed by atoms with Crippen molar-refractivity contribution < 1.29 is 4.79 Å². The van der Waals surface area contributed by atoms with E-state index in [0.717, 1.165) is 19.5 Å². The highest BCUT2D eigenvalue weighted by Crippen LogP contribution is 2.26. The molecule has 17 heavy (non-hydrogen) atoms. The number of nitrogens with one attached hydrogen (secondary N) is 1. The van der Waals surface area contributed by atoms with Gasteiger partial charge in [0.15, 0.2) is 0 Å². The molecular weight excluding hydrogens is 214 g/mol. The van der Waals surface area contributed by atoms with Gasteiger partial charge in [0.25, 0.3) is 0 Å². The van der Waals surface area contributed by atoms with Crippen molar-refractivity contribution in [3.63, 3.8) is 0 Å². The fraction of sp³-hybridized carbons (Fsp3) is 0.923. The van der Waals surface area contributed by atoms with Crippen LogP contribution in [0.25, 0.3) is 0 Å². The average Bonchev–Trinajstić information content (AvgIpc) is 2.36. The lowest BCUT2D eigenvalue weighted by Crippen LogP contribution is -2.47. The van der Waals surface area contributed by atoms with Gasteiger partial charge in [-0.15, -0.1) is 0 Å². The first kappa shape index (κ1) is 14.5. The molecule has 1 aliphatic rings. The Hall–Kier alpha value is -0.610. The van der Waals surface area contributed by atoms with Crippen LogP contribution >= 0.6 is 0 Å². The highest BCUT2D eigenvalue weighted by molar-refractivity contribution is 5.77. The number of amides is 1. The monoisotopic (exact) mass is 241 g/mol. The van der Waals surface area contributed by atoms with Crippen molar-refractivity contribution in [1.29, 1.82) is 0 Å². The molecule has 1 amide bonds. The number of carbonyl (C=O) groups is 1. The molecular formula is C13H27N3O. The predicted molar refractivity (Wildman–Crippen MR) is 70.7 cm³/mol. The Morgan fingerprint density at radius 2 is 2.12 bits per heavy atom. The molecule has 4 heteroatoms. The van der Waals surface area contributed by atoms with Crippen LogP contribution < -0.4 is 11.1 Å². The minimum absolute atomic E-state index is 0.135. The molecule has 1 fully saturated rings. The van der Waals surface area contributed by atoms with Crippen LogP contribution in [-0.4, -0.2) is 43.5 Å².